The number of benzene rings is 1. The maximum atomic E-state index is 13.6. The average molecular weight is 297 g/mol. The Morgan fingerprint density at radius 2 is 1.81 bits per heavy atom. The number of rotatable bonds is 2. The molecule has 1 aliphatic rings. The summed E-state index contributed by atoms with van der Waals surface area (Å²) in [4.78, 5) is 15.4. The zero-order chi connectivity index (χ0) is 15.6. The van der Waals surface area contributed by atoms with Gasteiger partial charge in [-0.15, -0.1) is 0 Å². The van der Waals surface area contributed by atoms with Gasteiger partial charge < -0.3 is 4.90 Å². The van der Waals surface area contributed by atoms with E-state index in [1.54, 1.807) is 6.92 Å². The summed E-state index contributed by atoms with van der Waals surface area (Å²) in [6.07, 6.45) is 0. The van der Waals surface area contributed by atoms with E-state index in [4.69, 9.17) is 5.26 Å². The predicted octanol–water partition coefficient (Wildman–Crippen LogP) is 1.77. The summed E-state index contributed by atoms with van der Waals surface area (Å²) >= 11 is 0. The average Bonchev–Trinajstić information content (AvgIpc) is 2.51. The molecule has 1 atom stereocenters. The molecular formula is C14H14F3N3O. The molecule has 0 saturated carbocycles. The molecule has 0 aromatic heterocycles. The quantitative estimate of drug-likeness (QED) is 0.782. The minimum absolute atomic E-state index is 0.262. The van der Waals surface area contributed by atoms with Crippen molar-refractivity contribution in [2.45, 2.75) is 13.0 Å². The van der Waals surface area contributed by atoms with Crippen molar-refractivity contribution in [2.75, 3.05) is 26.2 Å². The first-order valence-corrected chi connectivity index (χ1v) is 6.52. The molecule has 0 aliphatic carbocycles. The minimum atomic E-state index is -1.64. The van der Waals surface area contributed by atoms with Gasteiger partial charge in [-0.3, -0.25) is 9.69 Å². The van der Waals surface area contributed by atoms with Gasteiger partial charge in [-0.25, -0.2) is 13.2 Å². The van der Waals surface area contributed by atoms with Gasteiger partial charge in [0.25, 0.3) is 5.91 Å². The van der Waals surface area contributed by atoms with Crippen LogP contribution in [0.25, 0.3) is 0 Å². The monoisotopic (exact) mass is 297 g/mol. The Balaban J connectivity index is 2.10. The number of nitriles is 1. The van der Waals surface area contributed by atoms with Crippen LogP contribution in [0.2, 0.25) is 0 Å². The van der Waals surface area contributed by atoms with E-state index in [1.807, 2.05) is 4.90 Å². The number of carbonyl (C=O) groups excluding carboxylic acids is 1. The number of carbonyl (C=O) groups is 1. The highest BCUT2D eigenvalue weighted by molar-refractivity contribution is 5.94. The second kappa shape index (κ2) is 6.14. The SMILES string of the molecule is CC(C#N)N1CCN(C(=O)c2ccc(F)c(F)c2F)CC1. The van der Waals surface area contributed by atoms with Gasteiger partial charge in [0.15, 0.2) is 17.5 Å². The first-order valence-electron chi connectivity index (χ1n) is 6.52. The van der Waals surface area contributed by atoms with Crippen LogP contribution < -0.4 is 0 Å². The van der Waals surface area contributed by atoms with Crippen molar-refractivity contribution >= 4 is 5.91 Å². The topological polar surface area (TPSA) is 47.3 Å². The van der Waals surface area contributed by atoms with Crippen LogP contribution in [0.1, 0.15) is 17.3 Å². The zero-order valence-corrected chi connectivity index (χ0v) is 11.4. The largest absolute Gasteiger partial charge is 0.336 e. The fraction of sp³-hybridized carbons (Fsp3) is 0.429. The van der Waals surface area contributed by atoms with Gasteiger partial charge in [-0.2, -0.15) is 5.26 Å². The van der Waals surface area contributed by atoms with Crippen molar-refractivity contribution in [3.63, 3.8) is 0 Å². The minimum Gasteiger partial charge on any atom is -0.336 e. The highest BCUT2D eigenvalue weighted by Crippen LogP contribution is 2.18. The van der Waals surface area contributed by atoms with E-state index < -0.39 is 28.9 Å². The summed E-state index contributed by atoms with van der Waals surface area (Å²) in [7, 11) is 0. The van der Waals surface area contributed by atoms with E-state index >= 15 is 0 Å². The molecule has 0 radical (unpaired) electrons. The molecule has 1 saturated heterocycles. The normalized spacial score (nSPS) is 17.4. The van der Waals surface area contributed by atoms with Gasteiger partial charge in [0.05, 0.1) is 17.7 Å². The zero-order valence-electron chi connectivity index (χ0n) is 11.4. The van der Waals surface area contributed by atoms with Crippen molar-refractivity contribution in [2.24, 2.45) is 0 Å². The number of halogens is 3. The standard InChI is InChI=1S/C14H14F3N3O/c1-9(8-18)19-4-6-20(7-5-19)14(21)10-2-3-11(15)13(17)12(10)16/h2-3,9H,4-7H2,1H3. The molecular weight excluding hydrogens is 283 g/mol. The van der Waals surface area contributed by atoms with E-state index in [0.29, 0.717) is 26.2 Å². The van der Waals surface area contributed by atoms with E-state index in [1.165, 1.54) is 4.90 Å². The molecule has 0 N–H and O–H groups in total. The molecule has 1 aromatic carbocycles. The number of amides is 1. The summed E-state index contributed by atoms with van der Waals surface area (Å²) in [5, 5.41) is 8.83. The predicted molar refractivity (Wildman–Crippen MR) is 68.9 cm³/mol. The molecule has 112 valence electrons. The lowest BCUT2D eigenvalue weighted by atomic mass is 10.1. The Labute approximate surface area is 120 Å². The van der Waals surface area contributed by atoms with Gasteiger partial charge in [0, 0.05) is 26.2 Å². The number of nitrogens with zero attached hydrogens (tertiary/aromatic N) is 3. The van der Waals surface area contributed by atoms with Crippen molar-refractivity contribution < 1.29 is 18.0 Å². The van der Waals surface area contributed by atoms with Crippen molar-refractivity contribution in [1.82, 2.24) is 9.80 Å². The van der Waals surface area contributed by atoms with Crippen LogP contribution >= 0.6 is 0 Å². The third-order valence-corrected chi connectivity index (χ3v) is 3.60. The van der Waals surface area contributed by atoms with Gasteiger partial charge in [0.1, 0.15) is 0 Å². The molecule has 1 unspecified atom stereocenters. The van der Waals surface area contributed by atoms with Crippen molar-refractivity contribution in [1.29, 1.82) is 5.26 Å². The molecule has 7 heteroatoms. The molecule has 0 bridgehead atoms. The molecule has 0 spiro atoms. The molecule has 21 heavy (non-hydrogen) atoms. The van der Waals surface area contributed by atoms with Gasteiger partial charge in [0.2, 0.25) is 0 Å². The summed E-state index contributed by atoms with van der Waals surface area (Å²) in [5.74, 6) is -5.10. The Morgan fingerprint density at radius 3 is 2.38 bits per heavy atom. The fourth-order valence-corrected chi connectivity index (χ4v) is 2.26. The lowest BCUT2D eigenvalue weighted by Crippen LogP contribution is -2.51. The van der Waals surface area contributed by atoms with Gasteiger partial charge in [-0.1, -0.05) is 0 Å². The second-order valence-electron chi connectivity index (χ2n) is 4.86. The number of hydrogen-bond donors (Lipinski definition) is 0. The highest BCUT2D eigenvalue weighted by atomic mass is 19.2. The Kier molecular flexibility index (Phi) is 4.48. The number of hydrogen-bond acceptors (Lipinski definition) is 3. The fourth-order valence-electron chi connectivity index (χ4n) is 2.26. The Morgan fingerprint density at radius 1 is 1.19 bits per heavy atom. The van der Waals surface area contributed by atoms with Crippen LogP contribution in [0.4, 0.5) is 13.2 Å². The highest BCUT2D eigenvalue weighted by Gasteiger charge is 2.27. The van der Waals surface area contributed by atoms with Gasteiger partial charge in [-0.05, 0) is 19.1 Å². The summed E-state index contributed by atoms with van der Waals surface area (Å²) in [6.45, 7) is 3.33. The van der Waals surface area contributed by atoms with Crippen LogP contribution in [0.3, 0.4) is 0 Å². The Bertz CT molecular complexity index is 592. The first-order chi connectivity index (χ1) is 9.95. The molecule has 1 aromatic rings. The summed E-state index contributed by atoms with van der Waals surface area (Å²) in [6, 6.07) is 3.52. The van der Waals surface area contributed by atoms with Crippen LogP contribution in [0.5, 0.6) is 0 Å². The van der Waals surface area contributed by atoms with Crippen LogP contribution in [-0.2, 0) is 0 Å². The first kappa shape index (κ1) is 15.3. The molecule has 2 rings (SSSR count). The third-order valence-electron chi connectivity index (χ3n) is 3.60. The summed E-state index contributed by atoms with van der Waals surface area (Å²) < 4.78 is 39.6. The van der Waals surface area contributed by atoms with Crippen LogP contribution in [0.15, 0.2) is 12.1 Å². The maximum absolute atomic E-state index is 13.6. The Hall–Kier alpha value is -2.07. The molecule has 4 nitrogen and oxygen atoms in total. The van der Waals surface area contributed by atoms with Crippen molar-refractivity contribution in [3.05, 3.63) is 35.1 Å². The van der Waals surface area contributed by atoms with E-state index in [9.17, 15) is 18.0 Å². The summed E-state index contributed by atoms with van der Waals surface area (Å²) in [5.41, 5.74) is -0.476. The molecule has 1 aliphatic heterocycles. The molecule has 1 heterocycles. The van der Waals surface area contributed by atoms with E-state index in [0.717, 1.165) is 12.1 Å². The van der Waals surface area contributed by atoms with E-state index in [2.05, 4.69) is 6.07 Å². The van der Waals surface area contributed by atoms with Crippen LogP contribution in [-0.4, -0.2) is 47.9 Å². The van der Waals surface area contributed by atoms with Crippen molar-refractivity contribution in [3.8, 4) is 6.07 Å². The maximum Gasteiger partial charge on any atom is 0.257 e. The second-order valence-corrected chi connectivity index (χ2v) is 4.86. The van der Waals surface area contributed by atoms with Crippen LogP contribution in [0, 0.1) is 28.8 Å². The third kappa shape index (κ3) is 3.00. The lowest BCUT2D eigenvalue weighted by Gasteiger charge is -2.35. The molecule has 1 fully saturated rings. The lowest BCUT2D eigenvalue weighted by molar-refractivity contribution is 0.0610. The van der Waals surface area contributed by atoms with E-state index in [-0.39, 0.29) is 6.04 Å². The molecule has 1 amide bonds. The smallest absolute Gasteiger partial charge is 0.257 e. The van der Waals surface area contributed by atoms with Gasteiger partial charge >= 0.3 is 0 Å². The number of piperazine rings is 1.